The first-order valence-electron chi connectivity index (χ1n) is 8.42. The lowest BCUT2D eigenvalue weighted by Gasteiger charge is -2.15. The lowest BCUT2D eigenvalue weighted by Crippen LogP contribution is -2.15. The first-order chi connectivity index (χ1) is 13.3. The molecule has 1 aliphatic carbocycles. The molecule has 5 rings (SSSR count). The van der Waals surface area contributed by atoms with E-state index in [1.807, 2.05) is 25.1 Å². The second-order valence-electron chi connectivity index (χ2n) is 6.87. The van der Waals surface area contributed by atoms with Gasteiger partial charge in [-0.3, -0.25) is 9.20 Å². The first-order valence-corrected chi connectivity index (χ1v) is 9.97. The summed E-state index contributed by atoms with van der Waals surface area (Å²) in [6.45, 7) is 1.88. The number of rotatable bonds is 0. The van der Waals surface area contributed by atoms with Gasteiger partial charge in [-0.1, -0.05) is 45.2 Å². The Balaban J connectivity index is 2.04. The smallest absolute Gasteiger partial charge is 0.264 e. The van der Waals surface area contributed by atoms with Gasteiger partial charge in [-0.15, -0.1) is 0 Å². The summed E-state index contributed by atoms with van der Waals surface area (Å²) in [4.78, 5) is 18.1. The molecular formula is C21H10BrCl2N3O. The maximum absolute atomic E-state index is 13.4. The van der Waals surface area contributed by atoms with Gasteiger partial charge in [0.2, 0.25) is 0 Å². The van der Waals surface area contributed by atoms with Crippen LogP contribution in [0.15, 0.2) is 40.7 Å². The number of nitrogens with zero attached hydrogens (tertiary/aromatic N) is 3. The van der Waals surface area contributed by atoms with Crippen molar-refractivity contribution in [3.05, 3.63) is 67.7 Å². The molecule has 7 heteroatoms. The molecule has 0 amide bonds. The number of imidazole rings is 1. The minimum Gasteiger partial charge on any atom is -0.268 e. The standard InChI is InChI=1S/C21H10BrCl2N3O/c1-21(22)7-6-16-15(8-10(21)9-25)26-19-11-2-4-13(23)18-14(24)5-3-12(17(11)18)20(28)27(16)19/h2-8H,1H3. The van der Waals surface area contributed by atoms with E-state index in [1.165, 1.54) is 0 Å². The van der Waals surface area contributed by atoms with Gasteiger partial charge in [-0.25, -0.2) is 4.98 Å². The predicted octanol–water partition coefficient (Wildman–Crippen LogP) is 5.83. The summed E-state index contributed by atoms with van der Waals surface area (Å²) in [6, 6.07) is 9.23. The quantitative estimate of drug-likeness (QED) is 0.303. The van der Waals surface area contributed by atoms with Crippen molar-refractivity contribution >= 4 is 78.5 Å². The Labute approximate surface area is 177 Å². The lowest BCUT2D eigenvalue weighted by molar-refractivity contribution is 0.997. The fourth-order valence-electron chi connectivity index (χ4n) is 3.75. The second kappa shape index (κ2) is 5.81. The molecule has 0 radical (unpaired) electrons. The van der Waals surface area contributed by atoms with Gasteiger partial charge in [0.1, 0.15) is 5.65 Å². The fourth-order valence-corrected chi connectivity index (χ4v) is 4.65. The van der Waals surface area contributed by atoms with Crippen LogP contribution in [0, 0.1) is 11.3 Å². The molecule has 0 fully saturated rings. The molecule has 136 valence electrons. The Bertz CT molecular complexity index is 1480. The SMILES string of the molecule is CC1(Br)C=Cc2c(nc3c4ccc(Cl)c5c(Cl)ccc(c(=O)n23)c54)C=C1C#N. The van der Waals surface area contributed by atoms with Gasteiger partial charge in [0, 0.05) is 31.6 Å². The van der Waals surface area contributed by atoms with Gasteiger partial charge >= 0.3 is 0 Å². The largest absolute Gasteiger partial charge is 0.268 e. The summed E-state index contributed by atoms with van der Waals surface area (Å²) in [5.41, 5.74) is 2.03. The zero-order valence-corrected chi connectivity index (χ0v) is 17.5. The Morgan fingerprint density at radius 3 is 2.50 bits per heavy atom. The second-order valence-corrected chi connectivity index (χ2v) is 9.33. The normalized spacial score (nSPS) is 19.0. The zero-order valence-electron chi connectivity index (χ0n) is 14.4. The monoisotopic (exact) mass is 469 g/mol. The number of hydrogen-bond acceptors (Lipinski definition) is 3. The number of benzene rings is 2. The highest BCUT2D eigenvalue weighted by Crippen LogP contribution is 2.39. The van der Waals surface area contributed by atoms with Gasteiger partial charge in [-0.05, 0) is 43.3 Å². The van der Waals surface area contributed by atoms with Gasteiger partial charge in [0.05, 0.1) is 27.4 Å². The number of allylic oxidation sites excluding steroid dienone is 2. The molecular weight excluding hydrogens is 461 g/mol. The number of pyridine rings is 1. The van der Waals surface area contributed by atoms with Crippen LogP contribution in [0.4, 0.5) is 0 Å². The molecule has 28 heavy (non-hydrogen) atoms. The van der Waals surface area contributed by atoms with Crippen LogP contribution in [0.1, 0.15) is 18.3 Å². The molecule has 2 aromatic heterocycles. The van der Waals surface area contributed by atoms with E-state index in [0.717, 1.165) is 5.39 Å². The zero-order chi connectivity index (χ0) is 19.8. The molecule has 0 aliphatic heterocycles. The van der Waals surface area contributed by atoms with Crippen molar-refractivity contribution in [3.63, 3.8) is 0 Å². The molecule has 0 spiro atoms. The van der Waals surface area contributed by atoms with Crippen molar-refractivity contribution in [1.82, 2.24) is 9.38 Å². The maximum Gasteiger partial charge on any atom is 0.264 e. The average Bonchev–Trinajstić information content (AvgIpc) is 2.96. The molecule has 4 nitrogen and oxygen atoms in total. The fraction of sp³-hybridized carbons (Fsp3) is 0.0952. The number of alkyl halides is 1. The molecule has 0 N–H and O–H groups in total. The van der Waals surface area contributed by atoms with Crippen molar-refractivity contribution in [2.75, 3.05) is 0 Å². The first kappa shape index (κ1) is 17.7. The van der Waals surface area contributed by atoms with E-state index in [9.17, 15) is 10.1 Å². The summed E-state index contributed by atoms with van der Waals surface area (Å²) in [5, 5.41) is 13.2. The highest BCUT2D eigenvalue weighted by atomic mass is 79.9. The van der Waals surface area contributed by atoms with Crippen LogP contribution >= 0.6 is 39.1 Å². The molecule has 0 saturated carbocycles. The van der Waals surface area contributed by atoms with Gasteiger partial charge in [0.25, 0.3) is 5.56 Å². The Morgan fingerprint density at radius 1 is 1.14 bits per heavy atom. The number of aromatic nitrogens is 2. The molecule has 1 atom stereocenters. The summed E-state index contributed by atoms with van der Waals surface area (Å²) < 4.78 is 0.963. The van der Waals surface area contributed by atoms with Crippen LogP contribution in [0.3, 0.4) is 0 Å². The topological polar surface area (TPSA) is 58.2 Å². The minimum atomic E-state index is -0.625. The van der Waals surface area contributed by atoms with Crippen LogP contribution in [0.2, 0.25) is 10.0 Å². The number of nitriles is 1. The van der Waals surface area contributed by atoms with Crippen molar-refractivity contribution in [3.8, 4) is 6.07 Å². The summed E-state index contributed by atoms with van der Waals surface area (Å²) >= 11 is 16.3. The Morgan fingerprint density at radius 2 is 1.82 bits per heavy atom. The molecule has 0 bridgehead atoms. The van der Waals surface area contributed by atoms with Gasteiger partial charge < -0.3 is 0 Å². The molecule has 0 saturated heterocycles. The van der Waals surface area contributed by atoms with Gasteiger partial charge in [-0.2, -0.15) is 5.26 Å². The summed E-state index contributed by atoms with van der Waals surface area (Å²) in [6.07, 6.45) is 5.39. The van der Waals surface area contributed by atoms with Crippen molar-refractivity contribution in [2.24, 2.45) is 0 Å². The minimum absolute atomic E-state index is 0.199. The summed E-state index contributed by atoms with van der Waals surface area (Å²) in [7, 11) is 0. The van der Waals surface area contributed by atoms with E-state index in [2.05, 4.69) is 22.0 Å². The Hall–Kier alpha value is -2.39. The van der Waals surface area contributed by atoms with E-state index in [-0.39, 0.29) is 5.56 Å². The number of halogens is 3. The van der Waals surface area contributed by atoms with Crippen LogP contribution in [0.5, 0.6) is 0 Å². The maximum atomic E-state index is 13.4. The van der Waals surface area contributed by atoms with E-state index in [1.54, 1.807) is 28.7 Å². The third kappa shape index (κ3) is 2.23. The number of hydrogen-bond donors (Lipinski definition) is 0. The van der Waals surface area contributed by atoms with E-state index in [0.29, 0.717) is 48.8 Å². The number of fused-ring (bicyclic) bond motifs is 4. The highest BCUT2D eigenvalue weighted by molar-refractivity contribution is 9.10. The van der Waals surface area contributed by atoms with Crippen LogP contribution in [-0.2, 0) is 0 Å². The van der Waals surface area contributed by atoms with Crippen molar-refractivity contribution < 1.29 is 0 Å². The van der Waals surface area contributed by atoms with Crippen molar-refractivity contribution in [2.45, 2.75) is 11.2 Å². The predicted molar refractivity (Wildman–Crippen MR) is 118 cm³/mol. The highest BCUT2D eigenvalue weighted by Gasteiger charge is 2.28. The van der Waals surface area contributed by atoms with E-state index < -0.39 is 4.32 Å². The van der Waals surface area contributed by atoms with E-state index in [4.69, 9.17) is 28.2 Å². The van der Waals surface area contributed by atoms with Crippen molar-refractivity contribution in [1.29, 1.82) is 5.26 Å². The van der Waals surface area contributed by atoms with E-state index >= 15 is 0 Å². The lowest BCUT2D eigenvalue weighted by atomic mass is 10.0. The molecule has 2 heterocycles. The molecule has 1 aliphatic rings. The van der Waals surface area contributed by atoms with Crippen LogP contribution < -0.4 is 5.56 Å². The average molecular weight is 471 g/mol. The molecule has 1 unspecified atom stereocenters. The third-order valence-electron chi connectivity index (χ3n) is 5.16. The summed E-state index contributed by atoms with van der Waals surface area (Å²) in [5.74, 6) is 0. The van der Waals surface area contributed by atoms with Crippen LogP contribution in [0.25, 0.3) is 39.3 Å². The molecule has 2 aromatic carbocycles. The molecule has 4 aromatic rings. The van der Waals surface area contributed by atoms with Crippen LogP contribution in [-0.4, -0.2) is 13.7 Å². The third-order valence-corrected chi connectivity index (χ3v) is 6.48. The Kier molecular flexibility index (Phi) is 3.67. The van der Waals surface area contributed by atoms with Gasteiger partial charge in [0.15, 0.2) is 0 Å².